The van der Waals surface area contributed by atoms with Crippen LogP contribution in [0.5, 0.6) is 5.75 Å². The number of halogens is 1. The maximum absolute atomic E-state index is 5.48. The first-order valence-corrected chi connectivity index (χ1v) is 11.7. The van der Waals surface area contributed by atoms with E-state index in [2.05, 4.69) is 26.6 Å². The van der Waals surface area contributed by atoms with Crippen molar-refractivity contribution in [2.75, 3.05) is 6.61 Å². The Morgan fingerprint density at radius 3 is 2.79 bits per heavy atom. The van der Waals surface area contributed by atoms with Crippen LogP contribution in [0, 0.1) is 6.07 Å². The van der Waals surface area contributed by atoms with Crippen LogP contribution in [-0.2, 0) is 16.3 Å². The van der Waals surface area contributed by atoms with Gasteiger partial charge < -0.3 is 4.74 Å². The molecule has 0 heterocycles. The van der Waals surface area contributed by atoms with Gasteiger partial charge in [-0.2, -0.15) is 18.2 Å². The number of ether oxygens (including phenoxy) is 1. The van der Waals surface area contributed by atoms with E-state index in [9.17, 15) is 0 Å². The van der Waals surface area contributed by atoms with Crippen molar-refractivity contribution in [2.45, 2.75) is 26.2 Å². The van der Waals surface area contributed by atoms with Crippen LogP contribution >= 0.6 is 13.6 Å². The molecule has 0 amide bonds. The molecular weight excluding hydrogens is 293 g/mol. The number of hydrogen-bond donors (Lipinski definition) is 0. The van der Waals surface area contributed by atoms with E-state index < -0.39 is 0 Å². The van der Waals surface area contributed by atoms with Crippen molar-refractivity contribution in [1.82, 2.24) is 0 Å². The summed E-state index contributed by atoms with van der Waals surface area (Å²) < 4.78 is 5.48. The summed E-state index contributed by atoms with van der Waals surface area (Å²) in [5.41, 5.74) is 0. The third kappa shape index (κ3) is 7.52. The fourth-order valence-corrected chi connectivity index (χ4v) is 1.01. The first-order chi connectivity index (χ1) is 6.93. The van der Waals surface area contributed by atoms with Crippen molar-refractivity contribution < 1.29 is 21.1 Å². The van der Waals surface area contributed by atoms with E-state index in [1.165, 1.54) is 29.2 Å². The van der Waals surface area contributed by atoms with Crippen LogP contribution < -0.4 is 4.74 Å². The van der Waals surface area contributed by atoms with Gasteiger partial charge in [-0.15, -0.1) is 12.1 Å². The van der Waals surface area contributed by atoms with E-state index in [1.54, 1.807) is 0 Å². The second-order valence-electron chi connectivity index (χ2n) is 2.79. The molecular formula is C11H15BrOZn. The van der Waals surface area contributed by atoms with Crippen molar-refractivity contribution in [3.63, 3.8) is 0 Å². The fraction of sp³-hybridized carbons (Fsp3) is 0.455. The molecule has 0 aromatic heterocycles. The van der Waals surface area contributed by atoms with Gasteiger partial charge in [0.05, 0.1) is 6.61 Å². The Labute approximate surface area is 103 Å². The van der Waals surface area contributed by atoms with Crippen LogP contribution in [0.4, 0.5) is 0 Å². The molecule has 14 heavy (non-hydrogen) atoms. The molecule has 0 aliphatic rings. The minimum absolute atomic E-state index is 0.825. The Bertz CT molecular complexity index is 204. The van der Waals surface area contributed by atoms with Crippen molar-refractivity contribution in [2.24, 2.45) is 0 Å². The first kappa shape index (κ1) is 14.1. The van der Waals surface area contributed by atoms with E-state index in [0.717, 1.165) is 18.8 Å². The standard InChI is InChI=1S/C11H15O.BrH.Zn/c1-2-3-7-10-12-11-8-5-4-6-9-11;;/h4-5,8-9H,2-3,7,10H2,1H3;1H;/q-1;;+2/p-1. The van der Waals surface area contributed by atoms with Gasteiger partial charge in [-0.1, -0.05) is 19.8 Å². The van der Waals surface area contributed by atoms with Gasteiger partial charge in [-0.25, -0.2) is 0 Å². The van der Waals surface area contributed by atoms with Gasteiger partial charge in [0.2, 0.25) is 0 Å². The molecule has 0 bridgehead atoms. The molecule has 3 heteroatoms. The van der Waals surface area contributed by atoms with Crippen LogP contribution in [0.2, 0.25) is 0 Å². The van der Waals surface area contributed by atoms with Gasteiger partial charge in [0.1, 0.15) is 0 Å². The Kier molecular flexibility index (Phi) is 11.3. The molecule has 0 spiro atoms. The Balaban J connectivity index is 0.000000791. The van der Waals surface area contributed by atoms with Gasteiger partial charge in [-0.05, 0) is 6.42 Å². The first-order valence-electron chi connectivity index (χ1n) is 4.79. The zero-order chi connectivity index (χ0) is 10.6. The normalized spacial score (nSPS) is 8.86. The summed E-state index contributed by atoms with van der Waals surface area (Å²) in [4.78, 5) is 0. The molecule has 0 fully saturated rings. The summed E-state index contributed by atoms with van der Waals surface area (Å²) in [7, 11) is 0. The Hall–Kier alpha value is 0.123. The van der Waals surface area contributed by atoms with Crippen LogP contribution in [0.3, 0.4) is 0 Å². The number of unbranched alkanes of at least 4 members (excludes halogenated alkanes) is 2. The molecule has 0 radical (unpaired) electrons. The molecule has 0 saturated heterocycles. The van der Waals surface area contributed by atoms with Crippen LogP contribution in [0.1, 0.15) is 26.2 Å². The third-order valence-corrected chi connectivity index (χ3v) is 1.70. The molecule has 1 aromatic carbocycles. The van der Waals surface area contributed by atoms with Gasteiger partial charge in [-0.3, -0.25) is 0 Å². The summed E-state index contributed by atoms with van der Waals surface area (Å²) in [6, 6.07) is 10.6. The topological polar surface area (TPSA) is 9.23 Å². The predicted molar refractivity (Wildman–Crippen MR) is 59.2 cm³/mol. The number of rotatable bonds is 5. The Morgan fingerprint density at radius 1 is 1.43 bits per heavy atom. The molecule has 1 rings (SSSR count). The van der Waals surface area contributed by atoms with Gasteiger partial charge in [0, 0.05) is 5.75 Å². The molecule has 0 unspecified atom stereocenters. The summed E-state index contributed by atoms with van der Waals surface area (Å²) in [5.74, 6) is 0.925. The van der Waals surface area contributed by atoms with Crippen molar-refractivity contribution in [3.05, 3.63) is 30.3 Å². The second-order valence-corrected chi connectivity index (χ2v) is 2.79. The summed E-state index contributed by atoms with van der Waals surface area (Å²) >= 11 is 4.25. The molecule has 74 valence electrons. The predicted octanol–water partition coefficient (Wildman–Crippen LogP) is 3.90. The number of hydrogen-bond acceptors (Lipinski definition) is 1. The van der Waals surface area contributed by atoms with Gasteiger partial charge >= 0.3 is 30.0 Å². The quantitative estimate of drug-likeness (QED) is 0.455. The maximum atomic E-state index is 5.48. The van der Waals surface area contributed by atoms with Gasteiger partial charge in [0.25, 0.3) is 0 Å². The molecule has 0 aliphatic heterocycles. The van der Waals surface area contributed by atoms with Gasteiger partial charge in [0.15, 0.2) is 0 Å². The molecule has 1 nitrogen and oxygen atoms in total. The summed E-state index contributed by atoms with van der Waals surface area (Å²) in [6.07, 6.45) is 3.63. The third-order valence-electron chi connectivity index (χ3n) is 1.70. The SMILES string of the molecule is CCCCCOc1c[c-]ccc1.[Zn+][Br]. The molecule has 0 atom stereocenters. The average Bonchev–Trinajstić information content (AvgIpc) is 2.29. The zero-order valence-electron chi connectivity index (χ0n) is 8.63. The molecule has 1 aromatic rings. The summed E-state index contributed by atoms with van der Waals surface area (Å²) in [6.45, 7) is 3.02. The zero-order valence-corrected chi connectivity index (χ0v) is 13.2. The minimum atomic E-state index is 0.825. The van der Waals surface area contributed by atoms with E-state index in [-0.39, 0.29) is 0 Å². The van der Waals surface area contributed by atoms with Crippen LogP contribution in [0.25, 0.3) is 0 Å². The van der Waals surface area contributed by atoms with E-state index in [1.807, 2.05) is 24.3 Å². The Morgan fingerprint density at radius 2 is 2.21 bits per heavy atom. The summed E-state index contributed by atoms with van der Waals surface area (Å²) in [5, 5.41) is 0. The van der Waals surface area contributed by atoms with Crippen LogP contribution in [-0.4, -0.2) is 6.61 Å². The second kappa shape index (κ2) is 11.2. The van der Waals surface area contributed by atoms with Crippen molar-refractivity contribution in [1.29, 1.82) is 0 Å². The van der Waals surface area contributed by atoms with E-state index in [0.29, 0.717) is 0 Å². The van der Waals surface area contributed by atoms with Crippen molar-refractivity contribution in [3.8, 4) is 5.75 Å². The van der Waals surface area contributed by atoms with Crippen molar-refractivity contribution >= 4 is 13.6 Å². The monoisotopic (exact) mass is 306 g/mol. The molecule has 0 N–H and O–H groups in total. The fourth-order valence-electron chi connectivity index (χ4n) is 1.01. The van der Waals surface area contributed by atoms with E-state index in [4.69, 9.17) is 4.74 Å². The average molecular weight is 309 g/mol. The van der Waals surface area contributed by atoms with Crippen LogP contribution in [0.15, 0.2) is 24.3 Å². The van der Waals surface area contributed by atoms with E-state index >= 15 is 0 Å². The number of benzene rings is 1. The molecule has 0 aliphatic carbocycles. The molecule has 0 saturated carbocycles.